The van der Waals surface area contributed by atoms with Crippen LogP contribution in [0.25, 0.3) is 10.9 Å². The molecule has 5 rings (SSSR count). The van der Waals surface area contributed by atoms with Gasteiger partial charge in [0, 0.05) is 73.4 Å². The first-order valence-corrected chi connectivity index (χ1v) is 11.9. The maximum Gasteiger partial charge on any atom is 0.223 e. The van der Waals surface area contributed by atoms with E-state index in [0.29, 0.717) is 24.5 Å². The van der Waals surface area contributed by atoms with Gasteiger partial charge >= 0.3 is 0 Å². The number of halogens is 2. The van der Waals surface area contributed by atoms with Crippen molar-refractivity contribution < 1.29 is 9.18 Å². The molecule has 1 fully saturated rings. The van der Waals surface area contributed by atoms with Crippen molar-refractivity contribution in [3.8, 4) is 0 Å². The standard InChI is InChI=1S/C28H27ClFN3O/c1-31-19-26(24-10-2-3-11-27(24)31)25(20-6-4-8-22(30)16-20)18-28(34)33-14-12-32(13-15-33)23-9-5-7-21(29)17-23/h2-11,16-17,19,25H,12-15,18H2,1H3. The van der Waals surface area contributed by atoms with E-state index in [1.54, 1.807) is 12.1 Å². The van der Waals surface area contributed by atoms with Crippen molar-refractivity contribution in [3.05, 3.63) is 101 Å². The minimum absolute atomic E-state index is 0.0907. The minimum atomic E-state index is -0.287. The summed E-state index contributed by atoms with van der Waals surface area (Å²) >= 11 is 6.15. The summed E-state index contributed by atoms with van der Waals surface area (Å²) in [5.41, 5.74) is 4.05. The second-order valence-corrected chi connectivity index (χ2v) is 9.31. The van der Waals surface area contributed by atoms with Crippen LogP contribution in [0.5, 0.6) is 0 Å². The maximum atomic E-state index is 14.2. The number of aromatic nitrogens is 1. The number of para-hydroxylation sites is 1. The quantitative estimate of drug-likeness (QED) is 0.362. The molecular formula is C28H27ClFN3O. The highest BCUT2D eigenvalue weighted by Gasteiger charge is 2.27. The Morgan fingerprint density at radius 3 is 2.50 bits per heavy atom. The molecule has 4 aromatic rings. The fraction of sp³-hybridized carbons (Fsp3) is 0.250. The third kappa shape index (κ3) is 4.53. The maximum absolute atomic E-state index is 14.2. The van der Waals surface area contributed by atoms with Gasteiger partial charge in [-0.2, -0.15) is 0 Å². The van der Waals surface area contributed by atoms with Gasteiger partial charge in [-0.1, -0.05) is 48.0 Å². The average molecular weight is 476 g/mol. The molecule has 0 spiro atoms. The lowest BCUT2D eigenvalue weighted by Crippen LogP contribution is -2.49. The topological polar surface area (TPSA) is 28.5 Å². The van der Waals surface area contributed by atoms with Crippen LogP contribution >= 0.6 is 11.6 Å². The normalized spacial score (nSPS) is 15.0. The molecule has 0 aliphatic carbocycles. The van der Waals surface area contributed by atoms with Crippen molar-refractivity contribution in [1.82, 2.24) is 9.47 Å². The molecule has 1 aliphatic heterocycles. The number of benzene rings is 3. The Balaban J connectivity index is 1.38. The van der Waals surface area contributed by atoms with Crippen molar-refractivity contribution in [2.75, 3.05) is 31.1 Å². The van der Waals surface area contributed by atoms with Gasteiger partial charge in [-0.15, -0.1) is 0 Å². The first-order chi connectivity index (χ1) is 16.5. The molecule has 174 valence electrons. The number of fused-ring (bicyclic) bond motifs is 1. The van der Waals surface area contributed by atoms with Crippen LogP contribution in [-0.4, -0.2) is 41.6 Å². The van der Waals surface area contributed by atoms with Crippen LogP contribution in [0.3, 0.4) is 0 Å². The van der Waals surface area contributed by atoms with Gasteiger partial charge in [-0.25, -0.2) is 4.39 Å². The van der Waals surface area contributed by atoms with Crippen LogP contribution < -0.4 is 4.90 Å². The number of rotatable bonds is 5. The molecule has 1 saturated heterocycles. The van der Waals surface area contributed by atoms with Crippen molar-refractivity contribution >= 4 is 34.1 Å². The third-order valence-electron chi connectivity index (χ3n) is 6.74. The Morgan fingerprint density at radius 1 is 0.971 bits per heavy atom. The van der Waals surface area contributed by atoms with Crippen LogP contribution in [-0.2, 0) is 11.8 Å². The molecule has 3 aromatic carbocycles. The Bertz CT molecular complexity index is 1330. The molecule has 0 saturated carbocycles. The highest BCUT2D eigenvalue weighted by atomic mass is 35.5. The molecule has 4 nitrogen and oxygen atoms in total. The smallest absolute Gasteiger partial charge is 0.223 e. The number of carbonyl (C=O) groups excluding carboxylic acids is 1. The second-order valence-electron chi connectivity index (χ2n) is 8.87. The highest BCUT2D eigenvalue weighted by molar-refractivity contribution is 6.30. The predicted molar refractivity (Wildman–Crippen MR) is 136 cm³/mol. The lowest BCUT2D eigenvalue weighted by molar-refractivity contribution is -0.131. The molecule has 1 aromatic heterocycles. The molecule has 0 N–H and O–H groups in total. The Kier molecular flexibility index (Phi) is 6.29. The van der Waals surface area contributed by atoms with E-state index in [2.05, 4.69) is 27.8 Å². The highest BCUT2D eigenvalue weighted by Crippen LogP contribution is 2.35. The summed E-state index contributed by atoms with van der Waals surface area (Å²) in [7, 11) is 2.01. The predicted octanol–water partition coefficient (Wildman–Crippen LogP) is 5.84. The molecule has 6 heteroatoms. The Labute approximate surface area is 204 Å². The third-order valence-corrected chi connectivity index (χ3v) is 6.97. The van der Waals surface area contributed by atoms with Crippen LogP contribution in [0.1, 0.15) is 23.5 Å². The van der Waals surface area contributed by atoms with Crippen molar-refractivity contribution in [1.29, 1.82) is 0 Å². The van der Waals surface area contributed by atoms with Crippen LogP contribution in [0, 0.1) is 5.82 Å². The van der Waals surface area contributed by atoms with Gasteiger partial charge in [-0.05, 0) is 47.5 Å². The molecule has 1 amide bonds. The number of anilines is 1. The minimum Gasteiger partial charge on any atom is -0.368 e. The molecule has 34 heavy (non-hydrogen) atoms. The van der Waals surface area contributed by atoms with Crippen molar-refractivity contribution in [2.24, 2.45) is 7.05 Å². The monoisotopic (exact) mass is 475 g/mol. The van der Waals surface area contributed by atoms with Gasteiger partial charge in [0.25, 0.3) is 0 Å². The molecule has 1 aliphatic rings. The first kappa shape index (κ1) is 22.5. The number of hydrogen-bond donors (Lipinski definition) is 0. The summed E-state index contributed by atoms with van der Waals surface area (Å²) in [4.78, 5) is 17.6. The summed E-state index contributed by atoms with van der Waals surface area (Å²) in [5, 5.41) is 1.81. The van der Waals surface area contributed by atoms with E-state index in [1.807, 2.05) is 54.4 Å². The summed E-state index contributed by atoms with van der Waals surface area (Å²) in [6, 6.07) is 22.6. The molecular weight excluding hydrogens is 449 g/mol. The second kappa shape index (κ2) is 9.51. The molecule has 0 radical (unpaired) electrons. The zero-order chi connectivity index (χ0) is 23.7. The largest absolute Gasteiger partial charge is 0.368 e. The number of hydrogen-bond acceptors (Lipinski definition) is 2. The fourth-order valence-electron chi connectivity index (χ4n) is 4.97. The van der Waals surface area contributed by atoms with E-state index < -0.39 is 0 Å². The number of aryl methyl sites for hydroxylation is 1. The van der Waals surface area contributed by atoms with Crippen molar-refractivity contribution in [2.45, 2.75) is 12.3 Å². The fourth-order valence-corrected chi connectivity index (χ4v) is 5.16. The summed E-state index contributed by atoms with van der Waals surface area (Å²) in [6.45, 7) is 2.81. The molecule has 2 heterocycles. The molecule has 1 unspecified atom stereocenters. The lowest BCUT2D eigenvalue weighted by atomic mass is 9.87. The van der Waals surface area contributed by atoms with Gasteiger partial charge in [0.05, 0.1) is 0 Å². The zero-order valence-electron chi connectivity index (χ0n) is 19.1. The Morgan fingerprint density at radius 2 is 1.74 bits per heavy atom. The molecule has 0 bridgehead atoms. The van der Waals surface area contributed by atoms with E-state index >= 15 is 0 Å². The number of carbonyl (C=O) groups is 1. The van der Waals surface area contributed by atoms with Crippen LogP contribution in [0.2, 0.25) is 5.02 Å². The first-order valence-electron chi connectivity index (χ1n) is 11.6. The van der Waals surface area contributed by atoms with Gasteiger partial charge in [-0.3, -0.25) is 4.79 Å². The lowest BCUT2D eigenvalue weighted by Gasteiger charge is -2.36. The van der Waals surface area contributed by atoms with E-state index in [-0.39, 0.29) is 17.6 Å². The number of amides is 1. The molecule has 1 atom stereocenters. The van der Waals surface area contributed by atoms with Gasteiger partial charge in [0.1, 0.15) is 5.82 Å². The number of nitrogens with zero attached hydrogens (tertiary/aromatic N) is 3. The zero-order valence-corrected chi connectivity index (χ0v) is 19.9. The van der Waals surface area contributed by atoms with E-state index in [9.17, 15) is 9.18 Å². The van der Waals surface area contributed by atoms with Gasteiger partial charge in [0.15, 0.2) is 0 Å². The van der Waals surface area contributed by atoms with E-state index in [0.717, 1.165) is 40.8 Å². The summed E-state index contributed by atoms with van der Waals surface area (Å²) in [5.74, 6) is -0.418. The summed E-state index contributed by atoms with van der Waals surface area (Å²) < 4.78 is 16.2. The van der Waals surface area contributed by atoms with Crippen LogP contribution in [0.4, 0.5) is 10.1 Å². The van der Waals surface area contributed by atoms with Crippen LogP contribution in [0.15, 0.2) is 79.0 Å². The number of piperazine rings is 1. The SMILES string of the molecule is Cn1cc(C(CC(=O)N2CCN(c3cccc(Cl)c3)CC2)c2cccc(F)c2)c2ccccc21. The van der Waals surface area contributed by atoms with Crippen molar-refractivity contribution in [3.63, 3.8) is 0 Å². The average Bonchev–Trinajstić information content (AvgIpc) is 3.19. The summed E-state index contributed by atoms with van der Waals surface area (Å²) in [6.07, 6.45) is 2.37. The van der Waals surface area contributed by atoms with Gasteiger partial charge in [0.2, 0.25) is 5.91 Å². The Hall–Kier alpha value is -3.31. The van der Waals surface area contributed by atoms with E-state index in [1.165, 1.54) is 6.07 Å². The van der Waals surface area contributed by atoms with Gasteiger partial charge < -0.3 is 14.4 Å². The van der Waals surface area contributed by atoms with E-state index in [4.69, 9.17) is 11.6 Å².